The highest BCUT2D eigenvalue weighted by molar-refractivity contribution is 5.40. The third kappa shape index (κ3) is 1.20. The molecule has 1 aliphatic carbocycles. The zero-order chi connectivity index (χ0) is 8.55. The van der Waals surface area contributed by atoms with Crippen molar-refractivity contribution in [2.75, 3.05) is 13.2 Å². The largest absolute Gasteiger partial charge is 0.376 e. The fourth-order valence-corrected chi connectivity index (χ4v) is 1.88. The molecule has 0 atom stereocenters. The molecule has 1 heterocycles. The average Bonchev–Trinajstić information content (AvgIpc) is 2.12. The van der Waals surface area contributed by atoms with Crippen molar-refractivity contribution in [1.82, 2.24) is 0 Å². The molecule has 0 N–H and O–H groups in total. The predicted molar refractivity (Wildman–Crippen MR) is 45.5 cm³/mol. The van der Waals surface area contributed by atoms with E-state index in [-0.39, 0.29) is 5.83 Å². The first-order chi connectivity index (χ1) is 5.79. The smallest absolute Gasteiger partial charge is 0.103 e. The molecule has 12 heavy (non-hydrogen) atoms. The molecule has 0 saturated carbocycles. The van der Waals surface area contributed by atoms with Gasteiger partial charge in [-0.25, -0.2) is 4.39 Å². The van der Waals surface area contributed by atoms with Crippen LogP contribution in [-0.4, -0.2) is 13.2 Å². The molecule has 66 valence electrons. The van der Waals surface area contributed by atoms with Gasteiger partial charge < -0.3 is 4.74 Å². The van der Waals surface area contributed by atoms with Crippen molar-refractivity contribution in [2.45, 2.75) is 26.2 Å². The van der Waals surface area contributed by atoms with Crippen molar-refractivity contribution in [3.8, 4) is 0 Å². The summed E-state index contributed by atoms with van der Waals surface area (Å²) < 4.78 is 18.4. The van der Waals surface area contributed by atoms with Crippen molar-refractivity contribution in [2.24, 2.45) is 0 Å². The molecule has 0 aromatic carbocycles. The van der Waals surface area contributed by atoms with Crippen molar-refractivity contribution < 1.29 is 9.13 Å². The van der Waals surface area contributed by atoms with Crippen LogP contribution in [0.15, 0.2) is 22.5 Å². The topological polar surface area (TPSA) is 9.23 Å². The van der Waals surface area contributed by atoms with Crippen LogP contribution in [0.4, 0.5) is 4.39 Å². The molecule has 0 radical (unpaired) electrons. The van der Waals surface area contributed by atoms with E-state index in [1.807, 2.05) is 6.92 Å². The predicted octanol–water partition coefficient (Wildman–Crippen LogP) is 2.74. The molecule has 0 bridgehead atoms. The Labute approximate surface area is 71.9 Å². The van der Waals surface area contributed by atoms with Crippen LogP contribution in [0.25, 0.3) is 0 Å². The summed E-state index contributed by atoms with van der Waals surface area (Å²) in [6, 6.07) is 0. The molecular formula is C10H13FO. The average molecular weight is 168 g/mol. The minimum Gasteiger partial charge on any atom is -0.376 e. The van der Waals surface area contributed by atoms with E-state index in [9.17, 15) is 4.39 Å². The van der Waals surface area contributed by atoms with Crippen LogP contribution < -0.4 is 0 Å². The molecular weight excluding hydrogens is 155 g/mol. The number of hydrogen-bond donors (Lipinski definition) is 0. The van der Waals surface area contributed by atoms with E-state index in [1.165, 1.54) is 5.57 Å². The maximum atomic E-state index is 13.1. The van der Waals surface area contributed by atoms with Gasteiger partial charge in [0.25, 0.3) is 0 Å². The minimum atomic E-state index is 0.0549. The number of allylic oxidation sites excluding steroid dienone is 1. The summed E-state index contributed by atoms with van der Waals surface area (Å²) in [5.41, 5.74) is 3.38. The number of rotatable bonds is 0. The van der Waals surface area contributed by atoms with E-state index in [4.69, 9.17) is 4.74 Å². The van der Waals surface area contributed by atoms with Gasteiger partial charge in [0.05, 0.1) is 13.2 Å². The number of ether oxygens (including phenoxy) is 1. The van der Waals surface area contributed by atoms with Crippen LogP contribution in [0.5, 0.6) is 0 Å². The van der Waals surface area contributed by atoms with E-state index < -0.39 is 0 Å². The second-order valence-electron chi connectivity index (χ2n) is 3.41. The monoisotopic (exact) mass is 168 g/mol. The lowest BCUT2D eigenvalue weighted by atomic mass is 9.88. The Morgan fingerprint density at radius 2 is 2.08 bits per heavy atom. The summed E-state index contributed by atoms with van der Waals surface area (Å²) >= 11 is 0. The Balaban J connectivity index is 2.35. The third-order valence-electron chi connectivity index (χ3n) is 2.73. The summed E-state index contributed by atoms with van der Waals surface area (Å²) in [4.78, 5) is 0. The molecule has 1 nitrogen and oxygen atoms in total. The van der Waals surface area contributed by atoms with Crippen LogP contribution in [-0.2, 0) is 4.74 Å². The lowest BCUT2D eigenvalue weighted by molar-refractivity contribution is 0.145. The van der Waals surface area contributed by atoms with Gasteiger partial charge >= 0.3 is 0 Å². The molecule has 0 saturated heterocycles. The highest BCUT2D eigenvalue weighted by Gasteiger charge is 2.21. The van der Waals surface area contributed by atoms with Crippen molar-refractivity contribution >= 4 is 0 Å². The minimum absolute atomic E-state index is 0.0549. The summed E-state index contributed by atoms with van der Waals surface area (Å²) in [6.45, 7) is 3.29. The van der Waals surface area contributed by atoms with Gasteiger partial charge in [-0.2, -0.15) is 0 Å². The van der Waals surface area contributed by atoms with Crippen molar-refractivity contribution in [1.29, 1.82) is 0 Å². The summed E-state index contributed by atoms with van der Waals surface area (Å²) in [5.74, 6) is 0.0549. The first-order valence-electron chi connectivity index (χ1n) is 4.43. The van der Waals surface area contributed by atoms with E-state index in [2.05, 4.69) is 0 Å². The van der Waals surface area contributed by atoms with Gasteiger partial charge in [-0.1, -0.05) is 5.57 Å². The first kappa shape index (κ1) is 7.99. The summed E-state index contributed by atoms with van der Waals surface area (Å²) in [6.07, 6.45) is 2.51. The van der Waals surface area contributed by atoms with Crippen LogP contribution in [0, 0.1) is 0 Å². The molecule has 0 unspecified atom stereocenters. The summed E-state index contributed by atoms with van der Waals surface area (Å²) in [5, 5.41) is 0. The van der Waals surface area contributed by atoms with Crippen molar-refractivity contribution in [3.05, 3.63) is 22.5 Å². The van der Waals surface area contributed by atoms with E-state index in [0.29, 0.717) is 13.0 Å². The second kappa shape index (κ2) is 3.02. The fourth-order valence-electron chi connectivity index (χ4n) is 1.88. The lowest BCUT2D eigenvalue weighted by Crippen LogP contribution is -2.15. The van der Waals surface area contributed by atoms with Gasteiger partial charge in [-0.3, -0.25) is 0 Å². The molecule has 0 aromatic heterocycles. The quantitative estimate of drug-likeness (QED) is 0.540. The molecule has 0 aromatic rings. The molecule has 2 rings (SSSR count). The molecule has 1 aliphatic heterocycles. The first-order valence-corrected chi connectivity index (χ1v) is 4.43. The Morgan fingerprint density at radius 1 is 1.25 bits per heavy atom. The Morgan fingerprint density at radius 3 is 2.92 bits per heavy atom. The van der Waals surface area contributed by atoms with E-state index in [0.717, 1.165) is 30.6 Å². The van der Waals surface area contributed by atoms with Gasteiger partial charge in [-0.15, -0.1) is 0 Å². The van der Waals surface area contributed by atoms with Gasteiger partial charge in [0.15, 0.2) is 0 Å². The Bertz CT molecular complexity index is 263. The molecule has 0 spiro atoms. The zero-order valence-corrected chi connectivity index (χ0v) is 7.32. The van der Waals surface area contributed by atoms with Gasteiger partial charge in [0.2, 0.25) is 0 Å². The van der Waals surface area contributed by atoms with E-state index >= 15 is 0 Å². The van der Waals surface area contributed by atoms with Crippen LogP contribution in [0.3, 0.4) is 0 Å². The Kier molecular flexibility index (Phi) is 2.01. The maximum Gasteiger partial charge on any atom is 0.103 e. The van der Waals surface area contributed by atoms with Crippen molar-refractivity contribution in [3.63, 3.8) is 0 Å². The molecule has 2 aliphatic rings. The SMILES string of the molecule is CC1=C(F)CCC2=C1COCC2. The van der Waals surface area contributed by atoms with E-state index in [1.54, 1.807) is 0 Å². The maximum absolute atomic E-state index is 13.1. The van der Waals surface area contributed by atoms with Crippen LogP contribution >= 0.6 is 0 Å². The zero-order valence-electron chi connectivity index (χ0n) is 7.32. The normalized spacial score (nSPS) is 24.5. The van der Waals surface area contributed by atoms with Gasteiger partial charge in [0, 0.05) is 6.42 Å². The van der Waals surface area contributed by atoms with Crippen LogP contribution in [0.1, 0.15) is 26.2 Å². The highest BCUT2D eigenvalue weighted by atomic mass is 19.1. The standard InChI is InChI=1S/C10H13FO/c1-7-9-6-12-5-4-8(9)2-3-10(7)11/h2-6H2,1H3. The summed E-state index contributed by atoms with van der Waals surface area (Å²) in [7, 11) is 0. The number of hydrogen-bond acceptors (Lipinski definition) is 1. The molecule has 0 amide bonds. The Hall–Kier alpha value is -0.630. The molecule has 2 heteroatoms. The lowest BCUT2D eigenvalue weighted by Gasteiger charge is -2.25. The van der Waals surface area contributed by atoms with Gasteiger partial charge in [0.1, 0.15) is 5.83 Å². The van der Waals surface area contributed by atoms with Gasteiger partial charge in [-0.05, 0) is 30.9 Å². The number of halogens is 1. The fraction of sp³-hybridized carbons (Fsp3) is 0.600. The third-order valence-corrected chi connectivity index (χ3v) is 2.73. The molecule has 0 fully saturated rings. The van der Waals surface area contributed by atoms with Crippen LogP contribution in [0.2, 0.25) is 0 Å². The second-order valence-corrected chi connectivity index (χ2v) is 3.41. The highest BCUT2D eigenvalue weighted by Crippen LogP contribution is 2.34.